The smallest absolute Gasteiger partial charge is 0.258 e. The Morgan fingerprint density at radius 3 is 2.39 bits per heavy atom. The predicted octanol–water partition coefficient (Wildman–Crippen LogP) is 3.51. The summed E-state index contributed by atoms with van der Waals surface area (Å²) in [5, 5.41) is 5.96. The Labute approximate surface area is 180 Å². The van der Waals surface area contributed by atoms with Gasteiger partial charge in [0.05, 0.1) is 27.9 Å². The highest BCUT2D eigenvalue weighted by molar-refractivity contribution is 6.10. The second-order valence-corrected chi connectivity index (χ2v) is 6.40. The normalized spacial score (nSPS) is 10.9. The molecule has 1 amide bonds. The maximum absolute atomic E-state index is 12.9. The minimum atomic E-state index is -0.341. The van der Waals surface area contributed by atoms with E-state index >= 15 is 0 Å². The Balaban J connectivity index is 1.81. The number of hydrogen-bond donors (Lipinski definition) is 2. The molecule has 0 unspecified atom stereocenters. The summed E-state index contributed by atoms with van der Waals surface area (Å²) in [5.74, 6) is 1.70. The van der Waals surface area contributed by atoms with Crippen molar-refractivity contribution in [2.24, 2.45) is 4.99 Å². The number of ether oxygens (including phenoxy) is 3. The van der Waals surface area contributed by atoms with Crippen LogP contribution >= 0.6 is 0 Å². The molecule has 0 bridgehead atoms. The monoisotopic (exact) mass is 420 g/mol. The fraction of sp³-hybridized carbons (Fsp3) is 0.174. The predicted molar refractivity (Wildman–Crippen MR) is 119 cm³/mol. The van der Waals surface area contributed by atoms with E-state index in [1.165, 1.54) is 7.11 Å². The van der Waals surface area contributed by atoms with Gasteiger partial charge in [0, 0.05) is 23.6 Å². The molecule has 0 fully saturated rings. The van der Waals surface area contributed by atoms with E-state index in [2.05, 4.69) is 20.6 Å². The van der Waals surface area contributed by atoms with E-state index in [1.807, 2.05) is 36.4 Å². The van der Waals surface area contributed by atoms with Crippen LogP contribution in [0.1, 0.15) is 15.9 Å². The molecule has 8 heteroatoms. The molecule has 8 nitrogen and oxygen atoms in total. The van der Waals surface area contributed by atoms with Crippen molar-refractivity contribution in [1.82, 2.24) is 10.3 Å². The molecule has 0 saturated heterocycles. The molecular formula is C23H24N4O4. The molecule has 0 aliphatic heterocycles. The number of nitrogens with zero attached hydrogens (tertiary/aromatic N) is 2. The number of carbonyl (C=O) groups excluding carboxylic acids is 1. The summed E-state index contributed by atoms with van der Waals surface area (Å²) in [5.41, 5.74) is 2.07. The number of benzene rings is 2. The summed E-state index contributed by atoms with van der Waals surface area (Å²) in [7, 11) is 4.66. The van der Waals surface area contributed by atoms with Gasteiger partial charge in [0.2, 0.25) is 5.96 Å². The summed E-state index contributed by atoms with van der Waals surface area (Å²) < 4.78 is 15.7. The average Bonchev–Trinajstić information content (AvgIpc) is 2.83. The molecule has 0 aliphatic carbocycles. The van der Waals surface area contributed by atoms with Gasteiger partial charge in [-0.3, -0.25) is 15.1 Å². The quantitative estimate of drug-likeness (QED) is 0.449. The fourth-order valence-electron chi connectivity index (χ4n) is 2.74. The summed E-state index contributed by atoms with van der Waals surface area (Å²) in [6.45, 7) is 0.346. The minimum Gasteiger partial charge on any atom is -0.497 e. The molecule has 0 aliphatic rings. The number of aromatic nitrogens is 1. The third kappa shape index (κ3) is 5.96. The molecule has 2 aromatic carbocycles. The van der Waals surface area contributed by atoms with Crippen LogP contribution in [0.5, 0.6) is 17.2 Å². The molecular weight excluding hydrogens is 396 g/mol. The third-order valence-corrected chi connectivity index (χ3v) is 4.37. The lowest BCUT2D eigenvalue weighted by atomic mass is 10.2. The Hall–Kier alpha value is -4.07. The second kappa shape index (κ2) is 10.6. The summed E-state index contributed by atoms with van der Waals surface area (Å²) in [6.07, 6.45) is 3.42. The number of amides is 1. The standard InChI is InChI=1S/C23H24N4O4/c1-29-19-9-7-18(8-10-19)26-23(25-15-16-5-4-12-24-14-16)27-22(28)17-6-11-20(30-2)21(13-17)31-3/h4-14H,15H2,1-3H3,(H2,25,26,27,28). The van der Waals surface area contributed by atoms with E-state index in [-0.39, 0.29) is 5.91 Å². The van der Waals surface area contributed by atoms with Crippen LogP contribution in [-0.4, -0.2) is 38.2 Å². The number of methoxy groups -OCH3 is 3. The van der Waals surface area contributed by atoms with Gasteiger partial charge in [-0.15, -0.1) is 0 Å². The van der Waals surface area contributed by atoms with Gasteiger partial charge in [-0.25, -0.2) is 4.99 Å². The molecule has 3 rings (SSSR count). The van der Waals surface area contributed by atoms with Gasteiger partial charge in [-0.2, -0.15) is 0 Å². The number of guanidine groups is 1. The van der Waals surface area contributed by atoms with E-state index in [0.29, 0.717) is 29.6 Å². The van der Waals surface area contributed by atoms with E-state index in [1.54, 1.807) is 44.8 Å². The molecule has 2 N–H and O–H groups in total. The second-order valence-electron chi connectivity index (χ2n) is 6.40. The highest BCUT2D eigenvalue weighted by Gasteiger charge is 2.13. The Morgan fingerprint density at radius 1 is 0.968 bits per heavy atom. The molecule has 0 radical (unpaired) electrons. The van der Waals surface area contributed by atoms with Crippen molar-refractivity contribution in [3.8, 4) is 17.2 Å². The first-order valence-electron chi connectivity index (χ1n) is 9.50. The molecule has 0 atom stereocenters. The number of anilines is 1. The summed E-state index contributed by atoms with van der Waals surface area (Å²) in [6, 6.07) is 16.0. The van der Waals surface area contributed by atoms with Crippen molar-refractivity contribution >= 4 is 17.6 Å². The fourth-order valence-corrected chi connectivity index (χ4v) is 2.74. The summed E-state index contributed by atoms with van der Waals surface area (Å²) in [4.78, 5) is 21.5. The molecule has 1 aromatic heterocycles. The zero-order valence-corrected chi connectivity index (χ0v) is 17.6. The lowest BCUT2D eigenvalue weighted by Crippen LogP contribution is -2.36. The number of rotatable bonds is 7. The Morgan fingerprint density at radius 2 is 1.74 bits per heavy atom. The highest BCUT2D eigenvalue weighted by atomic mass is 16.5. The van der Waals surface area contributed by atoms with Crippen LogP contribution in [0.2, 0.25) is 0 Å². The van der Waals surface area contributed by atoms with Crippen LogP contribution in [0.25, 0.3) is 0 Å². The molecule has 3 aromatic rings. The van der Waals surface area contributed by atoms with Gasteiger partial charge in [-0.05, 0) is 54.1 Å². The third-order valence-electron chi connectivity index (χ3n) is 4.37. The lowest BCUT2D eigenvalue weighted by molar-refractivity contribution is 0.0976. The van der Waals surface area contributed by atoms with Crippen LogP contribution in [0, 0.1) is 0 Å². The number of aliphatic imine (C=N–C) groups is 1. The van der Waals surface area contributed by atoms with Crippen molar-refractivity contribution < 1.29 is 19.0 Å². The lowest BCUT2D eigenvalue weighted by Gasteiger charge is -2.13. The highest BCUT2D eigenvalue weighted by Crippen LogP contribution is 2.27. The van der Waals surface area contributed by atoms with E-state index in [9.17, 15) is 4.79 Å². The minimum absolute atomic E-state index is 0.300. The van der Waals surface area contributed by atoms with Crippen LogP contribution in [0.15, 0.2) is 72.0 Å². The van der Waals surface area contributed by atoms with Gasteiger partial charge in [0.1, 0.15) is 5.75 Å². The Kier molecular flexibility index (Phi) is 7.42. The first-order valence-corrected chi connectivity index (χ1v) is 9.50. The van der Waals surface area contributed by atoms with Crippen LogP contribution in [0.4, 0.5) is 5.69 Å². The first kappa shape index (κ1) is 21.6. The van der Waals surface area contributed by atoms with Crippen molar-refractivity contribution in [3.63, 3.8) is 0 Å². The Bertz CT molecular complexity index is 1040. The van der Waals surface area contributed by atoms with E-state index in [0.717, 1.165) is 17.0 Å². The van der Waals surface area contributed by atoms with Crippen LogP contribution < -0.4 is 24.8 Å². The van der Waals surface area contributed by atoms with Crippen LogP contribution in [-0.2, 0) is 6.54 Å². The number of pyridine rings is 1. The average molecular weight is 420 g/mol. The van der Waals surface area contributed by atoms with Crippen molar-refractivity contribution in [2.45, 2.75) is 6.54 Å². The topological polar surface area (TPSA) is 94.1 Å². The van der Waals surface area contributed by atoms with Gasteiger partial charge in [-0.1, -0.05) is 6.07 Å². The largest absolute Gasteiger partial charge is 0.497 e. The van der Waals surface area contributed by atoms with E-state index < -0.39 is 0 Å². The van der Waals surface area contributed by atoms with Gasteiger partial charge in [0.25, 0.3) is 5.91 Å². The van der Waals surface area contributed by atoms with Crippen molar-refractivity contribution in [3.05, 3.63) is 78.1 Å². The van der Waals surface area contributed by atoms with Crippen LogP contribution in [0.3, 0.4) is 0 Å². The summed E-state index contributed by atoms with van der Waals surface area (Å²) >= 11 is 0. The number of nitrogens with one attached hydrogen (secondary N) is 2. The maximum Gasteiger partial charge on any atom is 0.258 e. The molecule has 31 heavy (non-hydrogen) atoms. The van der Waals surface area contributed by atoms with Gasteiger partial charge >= 0.3 is 0 Å². The molecule has 160 valence electrons. The van der Waals surface area contributed by atoms with Gasteiger partial charge < -0.3 is 19.5 Å². The number of carbonyl (C=O) groups is 1. The maximum atomic E-state index is 12.9. The first-order chi connectivity index (χ1) is 15.1. The van der Waals surface area contributed by atoms with Crippen molar-refractivity contribution in [2.75, 3.05) is 26.6 Å². The van der Waals surface area contributed by atoms with Crippen molar-refractivity contribution in [1.29, 1.82) is 0 Å². The molecule has 0 spiro atoms. The SMILES string of the molecule is COc1ccc(NC(=NCc2cccnc2)NC(=O)c2ccc(OC)c(OC)c2)cc1. The van der Waals surface area contributed by atoms with E-state index in [4.69, 9.17) is 14.2 Å². The molecule has 0 saturated carbocycles. The van der Waals surface area contributed by atoms with Gasteiger partial charge in [0.15, 0.2) is 11.5 Å². The zero-order valence-electron chi connectivity index (χ0n) is 17.6. The zero-order chi connectivity index (χ0) is 22.1. The molecule has 1 heterocycles. The number of hydrogen-bond acceptors (Lipinski definition) is 6.